The Kier molecular flexibility index (Phi) is 5.88. The molecule has 0 radical (unpaired) electrons. The lowest BCUT2D eigenvalue weighted by atomic mass is 10.2. The van der Waals surface area contributed by atoms with Gasteiger partial charge in [-0.05, 0) is 24.5 Å². The molecular formula is C16H15NO2S2. The highest BCUT2D eigenvalue weighted by Gasteiger charge is 2.10. The highest BCUT2D eigenvalue weighted by atomic mass is 32.2. The normalized spacial score (nSPS) is 9.81. The quantitative estimate of drug-likeness (QED) is 0.673. The van der Waals surface area contributed by atoms with Gasteiger partial charge in [-0.3, -0.25) is 4.79 Å². The van der Waals surface area contributed by atoms with E-state index in [-0.39, 0.29) is 12.5 Å². The lowest BCUT2D eigenvalue weighted by molar-refractivity contribution is 0.0948. The van der Waals surface area contributed by atoms with Crippen molar-refractivity contribution >= 4 is 29.0 Å². The fourth-order valence-corrected chi connectivity index (χ4v) is 3.13. The summed E-state index contributed by atoms with van der Waals surface area (Å²) in [7, 11) is 0. The van der Waals surface area contributed by atoms with Gasteiger partial charge in [-0.1, -0.05) is 24.0 Å². The molecule has 5 heteroatoms. The highest BCUT2D eigenvalue weighted by molar-refractivity contribution is 7.98. The summed E-state index contributed by atoms with van der Waals surface area (Å²) in [5.74, 6) is 5.38. The Morgan fingerprint density at radius 2 is 2.24 bits per heavy atom. The summed E-state index contributed by atoms with van der Waals surface area (Å²) >= 11 is 3.10. The lowest BCUT2D eigenvalue weighted by Gasteiger charge is -2.07. The third-order valence-electron chi connectivity index (χ3n) is 2.74. The summed E-state index contributed by atoms with van der Waals surface area (Å²) in [6, 6.07) is 9.48. The van der Waals surface area contributed by atoms with Crippen molar-refractivity contribution in [3.8, 4) is 11.8 Å². The van der Waals surface area contributed by atoms with E-state index in [2.05, 4.69) is 17.2 Å². The van der Waals surface area contributed by atoms with E-state index in [9.17, 15) is 4.79 Å². The molecular weight excluding hydrogens is 302 g/mol. The van der Waals surface area contributed by atoms with Crippen LogP contribution in [0.15, 0.2) is 40.6 Å². The van der Waals surface area contributed by atoms with Crippen LogP contribution in [0.4, 0.5) is 0 Å². The number of hydrogen-bond acceptors (Lipinski definition) is 4. The smallest absolute Gasteiger partial charge is 0.252 e. The van der Waals surface area contributed by atoms with Crippen LogP contribution in [0, 0.1) is 11.8 Å². The van der Waals surface area contributed by atoms with Gasteiger partial charge in [0.1, 0.15) is 6.61 Å². The zero-order valence-electron chi connectivity index (χ0n) is 11.6. The second kappa shape index (κ2) is 7.89. The van der Waals surface area contributed by atoms with Crippen molar-refractivity contribution in [2.24, 2.45) is 0 Å². The molecule has 0 bridgehead atoms. The summed E-state index contributed by atoms with van der Waals surface area (Å²) in [4.78, 5) is 14.2. The topological polar surface area (TPSA) is 49.3 Å². The second-order valence-corrected chi connectivity index (χ2v) is 5.99. The zero-order chi connectivity index (χ0) is 15.1. The minimum absolute atomic E-state index is 0.0728. The van der Waals surface area contributed by atoms with Crippen LogP contribution >= 0.6 is 23.1 Å². The van der Waals surface area contributed by atoms with E-state index in [1.807, 2.05) is 42.0 Å². The van der Waals surface area contributed by atoms with Gasteiger partial charge in [0.05, 0.1) is 12.1 Å². The molecule has 0 spiro atoms. The van der Waals surface area contributed by atoms with Crippen LogP contribution in [0.1, 0.15) is 20.8 Å². The monoisotopic (exact) mass is 317 g/mol. The van der Waals surface area contributed by atoms with Crippen LogP contribution in [0.2, 0.25) is 0 Å². The molecule has 108 valence electrons. The standard InChI is InChI=1S/C16H15NO2S2/c1-20-15-7-3-2-6-14(15)16(19)17-10-13-9-12(11-21-13)5-4-8-18/h2-3,6-7,9,11,18H,8,10H2,1H3,(H,17,19). The molecule has 0 aliphatic carbocycles. The van der Waals surface area contributed by atoms with Crippen LogP contribution in [-0.4, -0.2) is 23.9 Å². The maximum absolute atomic E-state index is 12.2. The molecule has 1 aromatic heterocycles. The van der Waals surface area contributed by atoms with Gasteiger partial charge in [0.2, 0.25) is 0 Å². The largest absolute Gasteiger partial charge is 0.384 e. The number of carbonyl (C=O) groups is 1. The minimum Gasteiger partial charge on any atom is -0.384 e. The molecule has 1 amide bonds. The summed E-state index contributed by atoms with van der Waals surface area (Å²) in [6.07, 6.45) is 1.96. The SMILES string of the molecule is CSc1ccccc1C(=O)NCc1cc(C#CCO)cs1. The molecule has 3 nitrogen and oxygen atoms in total. The number of nitrogens with one attached hydrogen (secondary N) is 1. The van der Waals surface area contributed by atoms with Gasteiger partial charge < -0.3 is 10.4 Å². The number of rotatable bonds is 4. The van der Waals surface area contributed by atoms with Gasteiger partial charge >= 0.3 is 0 Å². The van der Waals surface area contributed by atoms with E-state index < -0.39 is 0 Å². The molecule has 0 unspecified atom stereocenters. The number of thioether (sulfide) groups is 1. The second-order valence-electron chi connectivity index (χ2n) is 4.14. The summed E-state index contributed by atoms with van der Waals surface area (Å²) < 4.78 is 0. The molecule has 0 aliphatic rings. The molecule has 21 heavy (non-hydrogen) atoms. The lowest BCUT2D eigenvalue weighted by Crippen LogP contribution is -2.22. The van der Waals surface area contributed by atoms with Crippen LogP contribution in [0.25, 0.3) is 0 Å². The fraction of sp³-hybridized carbons (Fsp3) is 0.188. The van der Waals surface area contributed by atoms with E-state index in [0.717, 1.165) is 15.3 Å². The molecule has 2 N–H and O–H groups in total. The first-order valence-electron chi connectivity index (χ1n) is 6.33. The van der Waals surface area contributed by atoms with Crippen molar-refractivity contribution < 1.29 is 9.90 Å². The average Bonchev–Trinajstić information content (AvgIpc) is 2.98. The minimum atomic E-state index is -0.145. The van der Waals surface area contributed by atoms with Crippen LogP contribution in [0.3, 0.4) is 0 Å². The maximum Gasteiger partial charge on any atom is 0.252 e. The summed E-state index contributed by atoms with van der Waals surface area (Å²) in [6.45, 7) is 0.334. The van der Waals surface area contributed by atoms with E-state index in [4.69, 9.17) is 5.11 Å². The van der Waals surface area contributed by atoms with Gasteiger partial charge in [-0.25, -0.2) is 0 Å². The van der Waals surface area contributed by atoms with Crippen LogP contribution < -0.4 is 5.32 Å². The highest BCUT2D eigenvalue weighted by Crippen LogP contribution is 2.20. The van der Waals surface area contributed by atoms with Gasteiger partial charge in [0, 0.05) is 20.7 Å². The van der Waals surface area contributed by atoms with Crippen molar-refractivity contribution in [1.29, 1.82) is 0 Å². The Bertz CT molecular complexity index is 683. The van der Waals surface area contributed by atoms with Crippen molar-refractivity contribution in [1.82, 2.24) is 5.32 Å². The third kappa shape index (κ3) is 4.36. The van der Waals surface area contributed by atoms with Crippen molar-refractivity contribution in [2.45, 2.75) is 11.4 Å². The van der Waals surface area contributed by atoms with Gasteiger partial charge in [-0.15, -0.1) is 23.1 Å². The van der Waals surface area contributed by atoms with Crippen LogP contribution in [-0.2, 0) is 6.54 Å². The molecule has 1 aromatic carbocycles. The fourth-order valence-electron chi connectivity index (χ4n) is 1.78. The van der Waals surface area contributed by atoms with Gasteiger partial charge in [0.25, 0.3) is 5.91 Å². The molecule has 0 atom stereocenters. The Balaban J connectivity index is 1.99. The first-order chi connectivity index (χ1) is 10.2. The first kappa shape index (κ1) is 15.6. The van der Waals surface area contributed by atoms with E-state index >= 15 is 0 Å². The number of aliphatic hydroxyl groups excluding tert-OH is 1. The Morgan fingerprint density at radius 1 is 1.43 bits per heavy atom. The van der Waals surface area contributed by atoms with Gasteiger partial charge in [-0.2, -0.15) is 0 Å². The number of amides is 1. The van der Waals surface area contributed by atoms with E-state index in [0.29, 0.717) is 12.1 Å². The molecule has 2 aromatic rings. The number of aliphatic hydroxyl groups is 1. The molecule has 0 aliphatic heterocycles. The predicted octanol–water partition coefficient (Wildman–Crippen LogP) is 2.74. The van der Waals surface area contributed by atoms with E-state index in [1.54, 1.807) is 23.1 Å². The third-order valence-corrected chi connectivity index (χ3v) is 4.47. The number of hydrogen-bond donors (Lipinski definition) is 2. The van der Waals surface area contributed by atoms with Crippen molar-refractivity contribution in [3.05, 3.63) is 51.7 Å². The Labute approximate surface area is 132 Å². The van der Waals surface area contributed by atoms with Gasteiger partial charge in [0.15, 0.2) is 0 Å². The first-order valence-corrected chi connectivity index (χ1v) is 8.43. The maximum atomic E-state index is 12.2. The van der Waals surface area contributed by atoms with E-state index in [1.165, 1.54) is 0 Å². The molecule has 1 heterocycles. The number of benzene rings is 1. The molecule has 0 saturated carbocycles. The Morgan fingerprint density at radius 3 is 3.00 bits per heavy atom. The zero-order valence-corrected chi connectivity index (χ0v) is 13.2. The van der Waals surface area contributed by atoms with Crippen LogP contribution in [0.5, 0.6) is 0 Å². The number of carbonyl (C=O) groups excluding carboxylic acids is 1. The molecule has 0 saturated heterocycles. The summed E-state index contributed by atoms with van der Waals surface area (Å²) in [5, 5.41) is 13.5. The van der Waals surface area contributed by atoms with Crippen molar-refractivity contribution in [2.75, 3.05) is 12.9 Å². The predicted molar refractivity (Wildman–Crippen MR) is 87.7 cm³/mol. The molecule has 2 rings (SSSR count). The Hall–Kier alpha value is -1.74. The summed E-state index contributed by atoms with van der Waals surface area (Å²) in [5.41, 5.74) is 1.56. The average molecular weight is 317 g/mol. The number of thiophene rings is 1. The molecule has 0 fully saturated rings. The van der Waals surface area contributed by atoms with Crippen molar-refractivity contribution in [3.63, 3.8) is 0 Å².